The summed E-state index contributed by atoms with van der Waals surface area (Å²) >= 11 is 0. The molecule has 0 saturated carbocycles. The van der Waals surface area contributed by atoms with Gasteiger partial charge in [0.25, 0.3) is 0 Å². The van der Waals surface area contributed by atoms with Crippen LogP contribution in [0.5, 0.6) is 11.5 Å². The smallest absolute Gasteiger partial charge is 0.306 e. The van der Waals surface area contributed by atoms with Crippen LogP contribution in [0, 0.1) is 17.6 Å². The molecule has 2 N–H and O–H groups in total. The second-order valence-electron chi connectivity index (χ2n) is 13.2. The van der Waals surface area contributed by atoms with Crippen molar-refractivity contribution in [2.45, 2.75) is 57.8 Å². The third-order valence-corrected chi connectivity index (χ3v) is 9.69. The van der Waals surface area contributed by atoms with Gasteiger partial charge in [-0.3, -0.25) is 9.78 Å². The molecule has 0 saturated heterocycles. The standard InChI is InChI=1S/C39H37F2N5O3/c1-23(37(47)48)17-25-8-6-9-26(18-25)39(2)15-5-4-7-24-10-11-27(43-22-24)19-30-29-14-16-42-34(29)21-33(41)35(30)49-28-12-13-32(40)31(20-28)36-44-38(39)45-46(36)3/h6,8-14,16,18,20-23,42H,4-5,7,15,17,19H2,1-3H3,(H,47,48). The van der Waals surface area contributed by atoms with Crippen molar-refractivity contribution in [2.24, 2.45) is 13.0 Å². The second kappa shape index (κ2) is 12.9. The topological polar surface area (TPSA) is 106 Å². The number of H-pyrrole nitrogens is 1. The summed E-state index contributed by atoms with van der Waals surface area (Å²) in [7, 11) is 1.73. The predicted octanol–water partition coefficient (Wildman–Crippen LogP) is 8.32. The van der Waals surface area contributed by atoms with Gasteiger partial charge in [0.1, 0.15) is 11.6 Å². The van der Waals surface area contributed by atoms with Crippen molar-refractivity contribution in [3.8, 4) is 22.9 Å². The Kier molecular flexibility index (Phi) is 8.48. The minimum absolute atomic E-state index is 0.0526. The van der Waals surface area contributed by atoms with E-state index in [1.165, 1.54) is 24.3 Å². The highest BCUT2D eigenvalue weighted by Gasteiger charge is 2.34. The lowest BCUT2D eigenvalue weighted by atomic mass is 9.76. The molecule has 6 aromatic rings. The van der Waals surface area contributed by atoms with Gasteiger partial charge in [-0.1, -0.05) is 43.7 Å². The molecule has 10 heteroatoms. The van der Waals surface area contributed by atoms with E-state index < -0.39 is 28.9 Å². The van der Waals surface area contributed by atoms with E-state index in [1.807, 2.05) is 42.6 Å². The largest absolute Gasteiger partial charge is 0.481 e. The molecule has 2 atom stereocenters. The number of pyridine rings is 1. The van der Waals surface area contributed by atoms with Crippen LogP contribution in [0.4, 0.5) is 8.78 Å². The number of carboxylic acid groups (broad SMARTS) is 1. The third kappa shape index (κ3) is 6.30. The fourth-order valence-electron chi connectivity index (χ4n) is 6.78. The number of aromatic nitrogens is 5. The Hall–Kier alpha value is -5.38. The van der Waals surface area contributed by atoms with Gasteiger partial charge < -0.3 is 14.8 Å². The molecule has 6 bridgehead atoms. The number of nitrogens with zero attached hydrogens (tertiary/aromatic N) is 4. The van der Waals surface area contributed by atoms with E-state index in [0.29, 0.717) is 42.0 Å². The van der Waals surface area contributed by atoms with Gasteiger partial charge in [0, 0.05) is 54.1 Å². The second-order valence-corrected chi connectivity index (χ2v) is 13.2. The molecule has 8 nitrogen and oxygen atoms in total. The van der Waals surface area contributed by atoms with E-state index in [4.69, 9.17) is 19.8 Å². The number of nitrogens with one attached hydrogen (secondary N) is 1. The number of carbonyl (C=O) groups is 1. The molecule has 8 rings (SSSR count). The molecule has 0 amide bonds. The van der Waals surface area contributed by atoms with Crippen LogP contribution in [0.15, 0.2) is 79.1 Å². The lowest BCUT2D eigenvalue weighted by molar-refractivity contribution is -0.141. The van der Waals surface area contributed by atoms with E-state index in [0.717, 1.165) is 47.0 Å². The first-order valence-corrected chi connectivity index (χ1v) is 16.5. The summed E-state index contributed by atoms with van der Waals surface area (Å²) < 4.78 is 39.1. The highest BCUT2D eigenvalue weighted by atomic mass is 19.1. The molecule has 3 aromatic heterocycles. The van der Waals surface area contributed by atoms with E-state index in [9.17, 15) is 9.90 Å². The first kappa shape index (κ1) is 32.2. The van der Waals surface area contributed by atoms with Crippen molar-refractivity contribution >= 4 is 16.9 Å². The lowest BCUT2D eigenvalue weighted by Gasteiger charge is -2.28. The first-order chi connectivity index (χ1) is 23.6. The molecular formula is C39H37F2N5O3. The molecule has 2 unspecified atom stereocenters. The Balaban J connectivity index is 1.35. The molecule has 0 spiro atoms. The molecule has 5 heterocycles. The van der Waals surface area contributed by atoms with E-state index >= 15 is 8.78 Å². The number of hydrogen-bond donors (Lipinski definition) is 2. The number of ether oxygens (including phenoxy) is 1. The van der Waals surface area contributed by atoms with Crippen molar-refractivity contribution in [2.75, 3.05) is 0 Å². The van der Waals surface area contributed by atoms with Gasteiger partial charge in [0.2, 0.25) is 0 Å². The Morgan fingerprint density at radius 3 is 2.73 bits per heavy atom. The van der Waals surface area contributed by atoms with Crippen molar-refractivity contribution in [1.29, 1.82) is 0 Å². The van der Waals surface area contributed by atoms with Crippen molar-refractivity contribution in [1.82, 2.24) is 24.7 Å². The van der Waals surface area contributed by atoms with Crippen molar-refractivity contribution < 1.29 is 23.4 Å². The van der Waals surface area contributed by atoms with Gasteiger partial charge in [0.05, 0.1) is 16.9 Å². The zero-order valence-electron chi connectivity index (χ0n) is 27.6. The van der Waals surface area contributed by atoms with Crippen LogP contribution in [0.2, 0.25) is 0 Å². The average Bonchev–Trinajstić information content (AvgIpc) is 3.72. The maximum atomic E-state index is 15.7. The lowest BCUT2D eigenvalue weighted by Crippen LogP contribution is -2.26. The van der Waals surface area contributed by atoms with Gasteiger partial charge >= 0.3 is 5.97 Å². The summed E-state index contributed by atoms with van der Waals surface area (Å²) in [6, 6.07) is 19.6. The minimum atomic E-state index is -0.848. The van der Waals surface area contributed by atoms with Gasteiger partial charge in [-0.25, -0.2) is 18.4 Å². The van der Waals surface area contributed by atoms with Crippen LogP contribution in [-0.2, 0) is 36.5 Å². The van der Waals surface area contributed by atoms with Crippen LogP contribution >= 0.6 is 0 Å². The van der Waals surface area contributed by atoms with E-state index in [-0.39, 0.29) is 17.1 Å². The highest BCUT2D eigenvalue weighted by molar-refractivity contribution is 5.86. The fraction of sp³-hybridized carbons (Fsp3) is 0.282. The average molecular weight is 662 g/mol. The number of benzene rings is 3. The molecule has 250 valence electrons. The highest BCUT2D eigenvalue weighted by Crippen LogP contribution is 2.40. The number of fused-ring (bicyclic) bond motifs is 7. The summed E-state index contributed by atoms with van der Waals surface area (Å²) in [6.45, 7) is 3.78. The molecule has 49 heavy (non-hydrogen) atoms. The number of rotatable bonds is 4. The molecule has 2 aliphatic heterocycles. The van der Waals surface area contributed by atoms with Gasteiger partial charge in [-0.15, -0.1) is 0 Å². The van der Waals surface area contributed by atoms with Crippen LogP contribution in [0.1, 0.15) is 66.9 Å². The van der Waals surface area contributed by atoms with Crippen LogP contribution in [0.3, 0.4) is 0 Å². The van der Waals surface area contributed by atoms with Crippen molar-refractivity contribution in [3.63, 3.8) is 0 Å². The van der Waals surface area contributed by atoms with E-state index in [2.05, 4.69) is 18.0 Å². The summed E-state index contributed by atoms with van der Waals surface area (Å²) in [6.07, 6.45) is 7.61. The molecule has 2 aliphatic rings. The number of aromatic amines is 1. The Morgan fingerprint density at radius 1 is 1.08 bits per heavy atom. The maximum absolute atomic E-state index is 15.7. The predicted molar refractivity (Wildman–Crippen MR) is 183 cm³/mol. The van der Waals surface area contributed by atoms with E-state index in [1.54, 1.807) is 24.9 Å². The number of hydrogen-bond acceptors (Lipinski definition) is 5. The molecule has 0 aliphatic carbocycles. The van der Waals surface area contributed by atoms with Gasteiger partial charge in [0.15, 0.2) is 23.2 Å². The summed E-state index contributed by atoms with van der Waals surface area (Å²) in [5.74, 6) is -1.32. The fourth-order valence-corrected chi connectivity index (χ4v) is 6.78. The Morgan fingerprint density at radius 2 is 1.94 bits per heavy atom. The van der Waals surface area contributed by atoms with Crippen LogP contribution < -0.4 is 4.74 Å². The number of aliphatic carboxylic acids is 1. The molecular weight excluding hydrogens is 624 g/mol. The Bertz CT molecular complexity index is 2170. The normalized spacial score (nSPS) is 17.1. The summed E-state index contributed by atoms with van der Waals surface area (Å²) in [5.41, 5.74) is 4.52. The molecule has 0 fully saturated rings. The minimum Gasteiger partial charge on any atom is -0.481 e. The third-order valence-electron chi connectivity index (χ3n) is 9.69. The molecule has 0 radical (unpaired) electrons. The maximum Gasteiger partial charge on any atom is 0.306 e. The number of halogens is 2. The summed E-state index contributed by atoms with van der Waals surface area (Å²) in [5, 5.41) is 15.2. The van der Waals surface area contributed by atoms with Gasteiger partial charge in [-0.05, 0) is 79.6 Å². The molecule has 3 aromatic carbocycles. The van der Waals surface area contributed by atoms with Crippen LogP contribution in [-0.4, -0.2) is 35.8 Å². The Labute approximate surface area is 282 Å². The monoisotopic (exact) mass is 661 g/mol. The quantitative estimate of drug-likeness (QED) is 0.197. The zero-order valence-corrected chi connectivity index (χ0v) is 27.6. The SMILES string of the molecule is CC(Cc1cccc(C2(C)CCCCc3ccc(nc3)Cc3c(c(F)cc4[nH]ccc34)Oc3ccc(F)c(c3)-c3nc2nn3C)c1)C(=O)O. The first-order valence-electron chi connectivity index (χ1n) is 16.5. The number of carboxylic acids is 1. The van der Waals surface area contributed by atoms with Gasteiger partial charge in [-0.2, -0.15) is 5.10 Å². The van der Waals surface area contributed by atoms with Crippen LogP contribution in [0.25, 0.3) is 22.3 Å². The number of aryl methyl sites for hydroxylation is 2. The van der Waals surface area contributed by atoms with Crippen molar-refractivity contribution in [3.05, 3.63) is 125 Å². The zero-order chi connectivity index (χ0) is 34.3. The summed E-state index contributed by atoms with van der Waals surface area (Å²) in [4.78, 5) is 24.4.